The molecule has 1 atom stereocenters. The number of hydrogen-bond donors (Lipinski definition) is 1. The summed E-state index contributed by atoms with van der Waals surface area (Å²) in [6, 6.07) is 7.79. The minimum absolute atomic E-state index is 0.246. The number of carbonyl (C=O) groups is 1. The second-order valence-corrected chi connectivity index (χ2v) is 5.59. The Morgan fingerprint density at radius 3 is 2.89 bits per heavy atom. The molecule has 4 heteroatoms. The fraction of sp³-hybridized carbons (Fsp3) is 0.467. The third-order valence-electron chi connectivity index (χ3n) is 3.64. The maximum atomic E-state index is 12.0. The fourth-order valence-electron chi connectivity index (χ4n) is 2.71. The topological polar surface area (TPSA) is 46.3 Å². The monoisotopic (exact) mass is 276 g/mol. The highest BCUT2D eigenvalue weighted by Gasteiger charge is 2.29. The van der Waals surface area contributed by atoms with Gasteiger partial charge in [-0.2, -0.15) is 0 Å². The number of thiocarbonyl (C=S) groups is 1. The third-order valence-corrected chi connectivity index (χ3v) is 3.86. The minimum atomic E-state index is 0.246. The zero-order chi connectivity index (χ0) is 13.8. The number of benzene rings is 1. The number of nitrogens with two attached hydrogens (primary N) is 1. The average molecular weight is 276 g/mol. The molecule has 1 amide bonds. The molecule has 1 aromatic rings. The van der Waals surface area contributed by atoms with Crippen LogP contribution in [0.4, 0.5) is 0 Å². The summed E-state index contributed by atoms with van der Waals surface area (Å²) in [5, 5.41) is 0. The van der Waals surface area contributed by atoms with Crippen LogP contribution in [0.1, 0.15) is 37.3 Å². The van der Waals surface area contributed by atoms with E-state index < -0.39 is 0 Å². The molecule has 0 saturated carbocycles. The maximum Gasteiger partial charge on any atom is 0.223 e. The standard InChI is InChI=1S/C15H20N2OS/c1-2-5-11-8-14(18)17(9-11)10-12-6-3-4-7-13(12)15(16)19/h3-4,6-7,11H,2,5,8-10H2,1H3,(H2,16,19). The summed E-state index contributed by atoms with van der Waals surface area (Å²) in [4.78, 5) is 14.3. The molecule has 0 aliphatic carbocycles. The van der Waals surface area contributed by atoms with Crippen molar-refractivity contribution >= 4 is 23.1 Å². The Hall–Kier alpha value is -1.42. The summed E-state index contributed by atoms with van der Waals surface area (Å²) in [5.74, 6) is 0.755. The van der Waals surface area contributed by atoms with Crippen molar-refractivity contribution in [3.63, 3.8) is 0 Å². The first kappa shape index (κ1) is 14.0. The first-order chi connectivity index (χ1) is 9.11. The van der Waals surface area contributed by atoms with Crippen LogP contribution in [0.2, 0.25) is 0 Å². The van der Waals surface area contributed by atoms with E-state index >= 15 is 0 Å². The van der Waals surface area contributed by atoms with Crippen LogP contribution in [0.15, 0.2) is 24.3 Å². The smallest absolute Gasteiger partial charge is 0.223 e. The van der Waals surface area contributed by atoms with Gasteiger partial charge in [0.2, 0.25) is 5.91 Å². The SMILES string of the molecule is CCCC1CC(=O)N(Cc2ccccc2C(N)=S)C1. The molecular weight excluding hydrogens is 256 g/mol. The first-order valence-corrected chi connectivity index (χ1v) is 7.18. The average Bonchev–Trinajstić information content (AvgIpc) is 2.71. The van der Waals surface area contributed by atoms with Gasteiger partial charge in [-0.05, 0) is 17.9 Å². The fourth-order valence-corrected chi connectivity index (χ4v) is 2.91. The van der Waals surface area contributed by atoms with Gasteiger partial charge in [0.1, 0.15) is 4.99 Å². The predicted molar refractivity (Wildman–Crippen MR) is 80.8 cm³/mol. The van der Waals surface area contributed by atoms with E-state index in [1.165, 1.54) is 0 Å². The van der Waals surface area contributed by atoms with Crippen LogP contribution in [0, 0.1) is 5.92 Å². The van der Waals surface area contributed by atoms with Gasteiger partial charge >= 0.3 is 0 Å². The number of likely N-dealkylation sites (tertiary alicyclic amines) is 1. The quantitative estimate of drug-likeness (QED) is 0.840. The van der Waals surface area contributed by atoms with Crippen LogP contribution in [0.5, 0.6) is 0 Å². The van der Waals surface area contributed by atoms with Crippen molar-refractivity contribution in [2.45, 2.75) is 32.7 Å². The van der Waals surface area contributed by atoms with Crippen molar-refractivity contribution in [3.05, 3.63) is 35.4 Å². The van der Waals surface area contributed by atoms with Gasteiger partial charge in [0.15, 0.2) is 0 Å². The molecule has 1 aliphatic heterocycles. The molecule has 19 heavy (non-hydrogen) atoms. The van der Waals surface area contributed by atoms with Crippen LogP contribution < -0.4 is 5.73 Å². The molecule has 0 radical (unpaired) electrons. The van der Waals surface area contributed by atoms with Crippen molar-refractivity contribution in [3.8, 4) is 0 Å². The molecule has 0 aromatic heterocycles. The summed E-state index contributed by atoms with van der Waals surface area (Å²) in [6.45, 7) is 3.64. The normalized spacial score (nSPS) is 18.9. The summed E-state index contributed by atoms with van der Waals surface area (Å²) < 4.78 is 0. The largest absolute Gasteiger partial charge is 0.389 e. The number of amides is 1. The van der Waals surface area contributed by atoms with Crippen molar-refractivity contribution in [2.75, 3.05) is 6.54 Å². The van der Waals surface area contributed by atoms with Gasteiger partial charge < -0.3 is 10.6 Å². The number of carbonyl (C=O) groups excluding carboxylic acids is 1. The molecule has 1 heterocycles. The molecule has 1 unspecified atom stereocenters. The number of hydrogen-bond acceptors (Lipinski definition) is 2. The Kier molecular flexibility index (Phi) is 4.53. The van der Waals surface area contributed by atoms with Crippen molar-refractivity contribution < 1.29 is 4.79 Å². The van der Waals surface area contributed by atoms with E-state index in [2.05, 4.69) is 6.92 Å². The minimum Gasteiger partial charge on any atom is -0.389 e. The lowest BCUT2D eigenvalue weighted by molar-refractivity contribution is -0.128. The van der Waals surface area contributed by atoms with E-state index in [9.17, 15) is 4.79 Å². The summed E-state index contributed by atoms with van der Waals surface area (Å²) in [7, 11) is 0. The van der Waals surface area contributed by atoms with Crippen LogP contribution in [-0.4, -0.2) is 22.3 Å². The molecule has 2 N–H and O–H groups in total. The summed E-state index contributed by atoms with van der Waals surface area (Å²) in [5.41, 5.74) is 7.65. The van der Waals surface area contributed by atoms with Gasteiger partial charge in [-0.25, -0.2) is 0 Å². The van der Waals surface area contributed by atoms with E-state index in [1.54, 1.807) is 0 Å². The Bertz CT molecular complexity index is 487. The van der Waals surface area contributed by atoms with Crippen LogP contribution in [0.3, 0.4) is 0 Å². The first-order valence-electron chi connectivity index (χ1n) is 6.77. The van der Waals surface area contributed by atoms with Gasteiger partial charge in [0, 0.05) is 25.1 Å². The van der Waals surface area contributed by atoms with Crippen LogP contribution in [-0.2, 0) is 11.3 Å². The predicted octanol–water partition coefficient (Wildman–Crippen LogP) is 2.47. The molecule has 0 bridgehead atoms. The van der Waals surface area contributed by atoms with Gasteiger partial charge in [-0.15, -0.1) is 0 Å². The highest BCUT2D eigenvalue weighted by Crippen LogP contribution is 2.24. The van der Waals surface area contributed by atoms with Crippen LogP contribution >= 0.6 is 12.2 Å². The lowest BCUT2D eigenvalue weighted by Crippen LogP contribution is -2.26. The molecule has 0 spiro atoms. The molecular formula is C15H20N2OS. The molecule has 1 fully saturated rings. The van der Waals surface area contributed by atoms with Gasteiger partial charge in [-0.1, -0.05) is 49.8 Å². The molecule has 1 aliphatic rings. The lowest BCUT2D eigenvalue weighted by Gasteiger charge is -2.18. The zero-order valence-electron chi connectivity index (χ0n) is 11.3. The van der Waals surface area contributed by atoms with Crippen molar-refractivity contribution in [1.29, 1.82) is 0 Å². The molecule has 102 valence electrons. The summed E-state index contributed by atoms with van der Waals surface area (Å²) >= 11 is 5.06. The van der Waals surface area contributed by atoms with Crippen molar-refractivity contribution in [1.82, 2.24) is 4.90 Å². The zero-order valence-corrected chi connectivity index (χ0v) is 12.1. The number of rotatable bonds is 5. The van der Waals surface area contributed by atoms with Gasteiger partial charge in [-0.3, -0.25) is 4.79 Å². The second kappa shape index (κ2) is 6.15. The number of nitrogens with zero attached hydrogens (tertiary/aromatic N) is 1. The van der Waals surface area contributed by atoms with E-state index in [0.29, 0.717) is 23.9 Å². The Morgan fingerprint density at radius 1 is 1.47 bits per heavy atom. The Balaban J connectivity index is 2.10. The van der Waals surface area contributed by atoms with E-state index in [0.717, 1.165) is 30.5 Å². The molecule has 3 nitrogen and oxygen atoms in total. The van der Waals surface area contributed by atoms with Gasteiger partial charge in [0.05, 0.1) is 0 Å². The second-order valence-electron chi connectivity index (χ2n) is 5.15. The van der Waals surface area contributed by atoms with Crippen LogP contribution in [0.25, 0.3) is 0 Å². The maximum absolute atomic E-state index is 12.0. The van der Waals surface area contributed by atoms with Crippen molar-refractivity contribution in [2.24, 2.45) is 11.7 Å². The Morgan fingerprint density at radius 2 is 2.21 bits per heavy atom. The Labute approximate surface area is 119 Å². The highest BCUT2D eigenvalue weighted by atomic mass is 32.1. The van der Waals surface area contributed by atoms with E-state index in [-0.39, 0.29) is 5.91 Å². The third kappa shape index (κ3) is 3.32. The molecule has 1 saturated heterocycles. The van der Waals surface area contributed by atoms with E-state index in [1.807, 2.05) is 29.2 Å². The molecule has 2 rings (SSSR count). The lowest BCUT2D eigenvalue weighted by atomic mass is 10.0. The van der Waals surface area contributed by atoms with Gasteiger partial charge in [0.25, 0.3) is 0 Å². The highest BCUT2D eigenvalue weighted by molar-refractivity contribution is 7.80. The van der Waals surface area contributed by atoms with E-state index in [4.69, 9.17) is 18.0 Å². The summed E-state index contributed by atoms with van der Waals surface area (Å²) in [6.07, 6.45) is 2.94. The molecule has 1 aromatic carbocycles.